The van der Waals surface area contributed by atoms with E-state index in [4.69, 9.17) is 12.6 Å². The average molecular weight is 505 g/mol. The minimum Gasteiger partial charge on any atom is -0.360 e. The molecule has 0 spiro atoms. The quantitative estimate of drug-likeness (QED) is 0.267. The zero-order chi connectivity index (χ0) is 25.1. The Balaban J connectivity index is 1.44. The van der Waals surface area contributed by atoms with Gasteiger partial charge in [0.1, 0.15) is 11.9 Å². The van der Waals surface area contributed by atoms with Crippen molar-refractivity contribution >= 4 is 25.8 Å². The Labute approximate surface area is 225 Å². The van der Waals surface area contributed by atoms with Gasteiger partial charge in [-0.3, -0.25) is 12.6 Å². The normalized spacial score (nSPS) is 23.4. The first-order valence-electron chi connectivity index (χ1n) is 14.5. The molecule has 37 heavy (non-hydrogen) atoms. The number of nitrogens with zero attached hydrogens (tertiary/aromatic N) is 1. The Bertz CT molecular complexity index is 1180. The van der Waals surface area contributed by atoms with Crippen LogP contribution in [0.15, 0.2) is 89.9 Å². The second-order valence-corrected chi connectivity index (χ2v) is 14.9. The molecule has 3 aliphatic rings. The first-order valence-corrected chi connectivity index (χ1v) is 16.5. The van der Waals surface area contributed by atoms with Crippen molar-refractivity contribution in [3.63, 3.8) is 0 Å². The van der Waals surface area contributed by atoms with Gasteiger partial charge in [0.05, 0.1) is 16.9 Å². The van der Waals surface area contributed by atoms with Crippen LogP contribution in [-0.4, -0.2) is 24.7 Å². The van der Waals surface area contributed by atoms with E-state index >= 15 is 0 Å². The van der Waals surface area contributed by atoms with Crippen LogP contribution in [0, 0.1) is 0 Å². The predicted molar refractivity (Wildman–Crippen MR) is 161 cm³/mol. The van der Waals surface area contributed by atoms with Crippen LogP contribution in [0.4, 0.5) is 0 Å². The maximum atomic E-state index is 7.86. The highest BCUT2D eigenvalue weighted by atomic mass is 31.2. The lowest BCUT2D eigenvalue weighted by Gasteiger charge is -2.52. The Morgan fingerprint density at radius 3 is 1.73 bits per heavy atom. The van der Waals surface area contributed by atoms with E-state index in [9.17, 15) is 0 Å². The molecule has 3 aromatic rings. The van der Waals surface area contributed by atoms with Crippen LogP contribution in [-0.2, 0) is 0 Å². The van der Waals surface area contributed by atoms with Gasteiger partial charge in [-0.15, -0.1) is 0 Å². The summed E-state index contributed by atoms with van der Waals surface area (Å²) in [6, 6.07) is 30.8. The first kappa shape index (κ1) is 24.9. The fourth-order valence-electron chi connectivity index (χ4n) is 7.19. The van der Waals surface area contributed by atoms with E-state index in [2.05, 4.69) is 90.2 Å². The van der Waals surface area contributed by atoms with Crippen molar-refractivity contribution in [2.75, 3.05) is 0 Å². The van der Waals surface area contributed by atoms with Crippen LogP contribution in [0.2, 0.25) is 0 Å². The summed E-state index contributed by atoms with van der Waals surface area (Å²) in [5.74, 6) is 1.03. The van der Waals surface area contributed by atoms with E-state index in [1.807, 2.05) is 0 Å². The highest BCUT2D eigenvalue weighted by Gasteiger charge is 2.42. The molecule has 0 unspecified atom stereocenters. The highest BCUT2D eigenvalue weighted by molar-refractivity contribution is 8.04. The van der Waals surface area contributed by atoms with E-state index in [0.717, 1.165) is 5.84 Å². The van der Waals surface area contributed by atoms with Crippen LogP contribution in [0.5, 0.6) is 0 Å². The molecular weight excluding hydrogens is 466 g/mol. The van der Waals surface area contributed by atoms with Gasteiger partial charge in [0.25, 0.3) is 0 Å². The molecule has 1 N–H and O–H groups in total. The molecule has 4 heteroatoms. The molecular formula is C33H39BN2P. The second kappa shape index (κ2) is 11.2. The summed E-state index contributed by atoms with van der Waals surface area (Å²) in [4.78, 5) is 5.42. The standard InChI is InChI=1S/C33H39BN2P/c34-37(27-19-9-3-10-20-27,28-21-11-4-12-22-28)30-24-14-13-23-29(30)33-35-31(25-15-5-1-6-16-25)32(36-33)26-17-7-2-8-18-26/h1-2,5-8,13-18,23-24,27-28,31-32H,3-4,9-12,19-22H2,(H,35,36)/t31-,32-/m1/s1. The molecule has 2 atom stereocenters. The summed E-state index contributed by atoms with van der Waals surface area (Å²) < 4.78 is 0. The van der Waals surface area contributed by atoms with E-state index in [1.165, 1.54) is 86.2 Å². The lowest BCUT2D eigenvalue weighted by molar-refractivity contribution is 0.485. The van der Waals surface area contributed by atoms with Gasteiger partial charge >= 0.3 is 0 Å². The molecule has 6 rings (SSSR count). The molecule has 3 radical (unpaired) electrons. The maximum absolute atomic E-state index is 7.86. The van der Waals surface area contributed by atoms with Crippen molar-refractivity contribution in [3.8, 4) is 0 Å². The minimum absolute atomic E-state index is 0.0431. The van der Waals surface area contributed by atoms with Gasteiger partial charge in [0.15, 0.2) is 0 Å². The summed E-state index contributed by atoms with van der Waals surface area (Å²) in [6.45, 7) is 0. The van der Waals surface area contributed by atoms with Crippen molar-refractivity contribution in [3.05, 3.63) is 102 Å². The Kier molecular flexibility index (Phi) is 7.52. The van der Waals surface area contributed by atoms with Gasteiger partial charge in [0, 0.05) is 11.3 Å². The maximum Gasteiger partial charge on any atom is 0.133 e. The molecule has 3 aromatic carbocycles. The van der Waals surface area contributed by atoms with Crippen molar-refractivity contribution < 1.29 is 0 Å². The third kappa shape index (κ3) is 4.93. The molecule has 0 amide bonds. The van der Waals surface area contributed by atoms with Crippen molar-refractivity contribution in [2.45, 2.75) is 87.6 Å². The zero-order valence-corrected chi connectivity index (χ0v) is 22.8. The molecule has 1 aliphatic heterocycles. The summed E-state index contributed by atoms with van der Waals surface area (Å²) in [5, 5.41) is 5.33. The van der Waals surface area contributed by atoms with Gasteiger partial charge in [-0.25, -0.2) is 7.14 Å². The van der Waals surface area contributed by atoms with Crippen LogP contribution in [0.25, 0.3) is 0 Å². The van der Waals surface area contributed by atoms with Crippen molar-refractivity contribution in [1.82, 2.24) is 5.32 Å². The molecule has 2 fully saturated rings. The van der Waals surface area contributed by atoms with E-state index in [1.54, 1.807) is 0 Å². The van der Waals surface area contributed by atoms with Crippen LogP contribution < -0.4 is 10.6 Å². The molecule has 1 heterocycles. The topological polar surface area (TPSA) is 24.4 Å². The van der Waals surface area contributed by atoms with E-state index < -0.39 is 7.14 Å². The third-order valence-corrected chi connectivity index (χ3v) is 13.8. The number of rotatable bonds is 6. The SMILES string of the molecule is [B-][P+](c1ccccc1C1=N[C@H](c2ccccc2)[C@@H](c2ccccc2)N1)(C1CCCCC1)C1CCCCC1. The van der Waals surface area contributed by atoms with Gasteiger partial charge in [-0.05, 0) is 74.6 Å². The number of amidine groups is 1. The average Bonchev–Trinajstić information content (AvgIpc) is 3.44. The Morgan fingerprint density at radius 2 is 1.14 bits per heavy atom. The second-order valence-electron chi connectivity index (χ2n) is 11.3. The number of nitrogens with one attached hydrogen (secondary N) is 1. The Hall–Kier alpha value is -2.38. The third-order valence-electron chi connectivity index (χ3n) is 9.11. The molecule has 0 aromatic heterocycles. The fraction of sp³-hybridized carbons (Fsp3) is 0.424. The van der Waals surface area contributed by atoms with Gasteiger partial charge in [-0.1, -0.05) is 85.6 Å². The van der Waals surface area contributed by atoms with Gasteiger partial charge in [0.2, 0.25) is 0 Å². The minimum atomic E-state index is -1.87. The molecule has 189 valence electrons. The monoisotopic (exact) mass is 505 g/mol. The summed E-state index contributed by atoms with van der Waals surface area (Å²) in [6.07, 6.45) is 13.3. The first-order chi connectivity index (χ1) is 18.2. The lowest BCUT2D eigenvalue weighted by Crippen LogP contribution is -2.38. The summed E-state index contributed by atoms with van der Waals surface area (Å²) in [5.41, 5.74) is 5.10. The molecule has 0 saturated heterocycles. The fourth-order valence-corrected chi connectivity index (χ4v) is 12.0. The summed E-state index contributed by atoms with van der Waals surface area (Å²) in [7, 11) is 5.99. The smallest absolute Gasteiger partial charge is 0.133 e. The van der Waals surface area contributed by atoms with Crippen LogP contribution >= 0.6 is 7.14 Å². The number of hydrogen-bond donors (Lipinski definition) is 1. The largest absolute Gasteiger partial charge is 0.360 e. The molecule has 0 bridgehead atoms. The van der Waals surface area contributed by atoms with Crippen LogP contribution in [0.1, 0.15) is 93.0 Å². The molecule has 2 aliphatic carbocycles. The van der Waals surface area contributed by atoms with E-state index in [-0.39, 0.29) is 12.1 Å². The van der Waals surface area contributed by atoms with Gasteiger partial charge < -0.3 is 5.32 Å². The number of benzene rings is 3. The van der Waals surface area contributed by atoms with E-state index in [0.29, 0.717) is 11.3 Å². The Morgan fingerprint density at radius 1 is 0.622 bits per heavy atom. The lowest BCUT2D eigenvalue weighted by atomic mass is 9.95. The van der Waals surface area contributed by atoms with Crippen LogP contribution in [0.3, 0.4) is 0 Å². The number of hydrogen-bond acceptors (Lipinski definition) is 2. The molecule has 2 nitrogen and oxygen atoms in total. The van der Waals surface area contributed by atoms with Crippen molar-refractivity contribution in [2.24, 2.45) is 4.99 Å². The zero-order valence-electron chi connectivity index (χ0n) is 21.9. The highest BCUT2D eigenvalue weighted by Crippen LogP contribution is 2.68. The molecule has 2 saturated carbocycles. The van der Waals surface area contributed by atoms with Gasteiger partial charge in [-0.2, -0.15) is 0 Å². The summed E-state index contributed by atoms with van der Waals surface area (Å²) >= 11 is 0. The predicted octanol–water partition coefficient (Wildman–Crippen LogP) is 7.91. The number of aliphatic imine (C=N–C) groups is 1. The van der Waals surface area contributed by atoms with Crippen molar-refractivity contribution in [1.29, 1.82) is 0 Å².